The van der Waals surface area contributed by atoms with Crippen LogP contribution in [0, 0.1) is 0 Å². The smallest absolute Gasteiger partial charge is 0.258 e. The molecule has 6 heteroatoms. The van der Waals surface area contributed by atoms with Crippen LogP contribution >= 0.6 is 27.3 Å². The molecule has 1 amide bonds. The molecule has 1 N–H and O–H groups in total. The van der Waals surface area contributed by atoms with Crippen molar-refractivity contribution in [1.29, 1.82) is 0 Å². The van der Waals surface area contributed by atoms with Crippen molar-refractivity contribution in [1.82, 2.24) is 10.2 Å². The summed E-state index contributed by atoms with van der Waals surface area (Å²) in [6.45, 7) is 0.579. The van der Waals surface area contributed by atoms with Crippen LogP contribution in [0.25, 0.3) is 0 Å². The van der Waals surface area contributed by atoms with Gasteiger partial charge in [-0.1, -0.05) is 28.1 Å². The molecule has 1 unspecified atom stereocenters. The number of benzene rings is 1. The molecule has 0 fully saturated rings. The van der Waals surface area contributed by atoms with Crippen LogP contribution in [0.1, 0.15) is 10.9 Å². The lowest BCUT2D eigenvalue weighted by atomic mass is 10.2. The Morgan fingerprint density at radius 1 is 1.36 bits per heavy atom. The molecule has 2 aromatic rings. The average Bonchev–Trinajstić information content (AvgIpc) is 2.99. The van der Waals surface area contributed by atoms with Crippen molar-refractivity contribution in [3.63, 3.8) is 0 Å². The van der Waals surface area contributed by atoms with Gasteiger partial charge in [-0.25, -0.2) is 0 Å². The number of hydrogen-bond acceptors (Lipinski definition) is 4. The molecule has 1 atom stereocenters. The summed E-state index contributed by atoms with van der Waals surface area (Å²) in [4.78, 5) is 15.3. The summed E-state index contributed by atoms with van der Waals surface area (Å²) < 4.78 is 6.41. The monoisotopic (exact) mass is 382 g/mol. The fourth-order valence-electron chi connectivity index (χ4n) is 1.99. The topological polar surface area (TPSA) is 41.6 Å². The molecule has 22 heavy (non-hydrogen) atoms. The maximum Gasteiger partial charge on any atom is 0.258 e. The summed E-state index contributed by atoms with van der Waals surface area (Å²) in [5, 5.41) is 4.97. The number of halogens is 1. The fraction of sp³-hybridized carbons (Fsp3) is 0.312. The summed E-state index contributed by atoms with van der Waals surface area (Å²) in [6, 6.07) is 11.7. The predicted octanol–water partition coefficient (Wildman–Crippen LogP) is 3.31. The van der Waals surface area contributed by atoms with Gasteiger partial charge in [-0.2, -0.15) is 0 Å². The largest absolute Gasteiger partial charge is 0.484 e. The zero-order valence-corrected chi connectivity index (χ0v) is 15.0. The molecule has 118 valence electrons. The molecular formula is C16H19BrN2O2S. The standard InChI is InChI=1S/C16H19BrN2O2S/c1-19(2)14(15-7-4-8-22-15)10-18-16(20)11-21-13-6-3-5-12(17)9-13/h3-9,14H,10-11H2,1-2H3,(H,18,20). The van der Waals surface area contributed by atoms with E-state index in [9.17, 15) is 4.79 Å². The molecule has 1 aromatic heterocycles. The number of likely N-dealkylation sites (N-methyl/N-ethyl adjacent to an activating group) is 1. The van der Waals surface area contributed by atoms with Crippen LogP contribution in [0.15, 0.2) is 46.3 Å². The molecule has 2 rings (SSSR count). The Balaban J connectivity index is 1.81. The summed E-state index contributed by atoms with van der Waals surface area (Å²) in [6.07, 6.45) is 0. The molecule has 4 nitrogen and oxygen atoms in total. The number of ether oxygens (including phenoxy) is 1. The van der Waals surface area contributed by atoms with Crippen LogP contribution in [0.2, 0.25) is 0 Å². The maximum atomic E-state index is 11.9. The lowest BCUT2D eigenvalue weighted by molar-refractivity contribution is -0.123. The van der Waals surface area contributed by atoms with Gasteiger partial charge in [0.2, 0.25) is 0 Å². The second-order valence-corrected chi connectivity index (χ2v) is 6.94. The van der Waals surface area contributed by atoms with Crippen molar-refractivity contribution in [2.75, 3.05) is 27.2 Å². The van der Waals surface area contributed by atoms with E-state index in [0.717, 1.165) is 4.47 Å². The highest BCUT2D eigenvalue weighted by Crippen LogP contribution is 2.22. The van der Waals surface area contributed by atoms with Gasteiger partial charge in [0.05, 0.1) is 6.04 Å². The third kappa shape index (κ3) is 5.12. The van der Waals surface area contributed by atoms with Gasteiger partial charge in [0, 0.05) is 15.9 Å². The summed E-state index contributed by atoms with van der Waals surface area (Å²) >= 11 is 5.07. The number of nitrogens with one attached hydrogen (secondary N) is 1. The highest BCUT2D eigenvalue weighted by atomic mass is 79.9. The van der Waals surface area contributed by atoms with Crippen molar-refractivity contribution in [2.24, 2.45) is 0 Å². The third-order valence-electron chi connectivity index (χ3n) is 3.15. The van der Waals surface area contributed by atoms with Crippen LogP contribution < -0.4 is 10.1 Å². The van der Waals surface area contributed by atoms with Gasteiger partial charge in [0.15, 0.2) is 6.61 Å². The number of nitrogens with zero attached hydrogens (tertiary/aromatic N) is 1. The van der Waals surface area contributed by atoms with Gasteiger partial charge in [0.25, 0.3) is 5.91 Å². The lowest BCUT2D eigenvalue weighted by Gasteiger charge is -2.23. The van der Waals surface area contributed by atoms with Crippen molar-refractivity contribution in [2.45, 2.75) is 6.04 Å². The molecular weight excluding hydrogens is 364 g/mol. The third-order valence-corrected chi connectivity index (χ3v) is 4.62. The van der Waals surface area contributed by atoms with Crippen molar-refractivity contribution in [3.05, 3.63) is 51.1 Å². The van der Waals surface area contributed by atoms with E-state index in [0.29, 0.717) is 12.3 Å². The normalized spacial score (nSPS) is 12.2. The number of carbonyl (C=O) groups excluding carboxylic acids is 1. The Morgan fingerprint density at radius 3 is 2.82 bits per heavy atom. The van der Waals surface area contributed by atoms with E-state index in [1.165, 1.54) is 4.88 Å². The zero-order chi connectivity index (χ0) is 15.9. The van der Waals surface area contributed by atoms with E-state index in [2.05, 4.69) is 32.2 Å². The number of amides is 1. The van der Waals surface area contributed by atoms with E-state index >= 15 is 0 Å². The quantitative estimate of drug-likeness (QED) is 0.798. The number of carbonyl (C=O) groups is 1. The second kappa shape index (κ2) is 8.31. The minimum atomic E-state index is -0.122. The molecule has 1 aromatic carbocycles. The van der Waals surface area contributed by atoms with Gasteiger partial charge in [0.1, 0.15) is 5.75 Å². The van der Waals surface area contributed by atoms with Crippen molar-refractivity contribution in [3.8, 4) is 5.75 Å². The number of hydrogen-bond donors (Lipinski definition) is 1. The van der Waals surface area contributed by atoms with E-state index in [-0.39, 0.29) is 18.6 Å². The maximum absolute atomic E-state index is 11.9. The molecule has 0 aliphatic heterocycles. The highest BCUT2D eigenvalue weighted by molar-refractivity contribution is 9.10. The van der Waals surface area contributed by atoms with Gasteiger partial charge >= 0.3 is 0 Å². The van der Waals surface area contributed by atoms with E-state index < -0.39 is 0 Å². The predicted molar refractivity (Wildman–Crippen MR) is 93.4 cm³/mol. The molecule has 0 bridgehead atoms. The Hall–Kier alpha value is -1.37. The summed E-state index contributed by atoms with van der Waals surface area (Å²) in [7, 11) is 4.02. The summed E-state index contributed by atoms with van der Waals surface area (Å²) in [5.74, 6) is 0.551. The minimum Gasteiger partial charge on any atom is -0.484 e. The van der Waals surface area contributed by atoms with Crippen molar-refractivity contribution >= 4 is 33.2 Å². The molecule has 0 saturated carbocycles. The molecule has 0 radical (unpaired) electrons. The first-order valence-corrected chi connectivity index (χ1v) is 8.58. The second-order valence-electron chi connectivity index (χ2n) is 5.04. The Kier molecular flexibility index (Phi) is 6.42. The molecule has 0 aliphatic carbocycles. The SMILES string of the molecule is CN(C)C(CNC(=O)COc1cccc(Br)c1)c1cccs1. The fourth-order valence-corrected chi connectivity index (χ4v) is 3.29. The Morgan fingerprint density at radius 2 is 2.18 bits per heavy atom. The van der Waals surface area contributed by atoms with Gasteiger partial charge in [-0.15, -0.1) is 11.3 Å². The van der Waals surface area contributed by atoms with Crippen LogP contribution in [-0.4, -0.2) is 38.1 Å². The van der Waals surface area contributed by atoms with E-state index in [1.54, 1.807) is 11.3 Å². The number of rotatable bonds is 7. The van der Waals surface area contributed by atoms with Crippen LogP contribution in [0.4, 0.5) is 0 Å². The van der Waals surface area contributed by atoms with E-state index in [4.69, 9.17) is 4.74 Å². The Labute approximate surface area is 143 Å². The minimum absolute atomic E-state index is 0.0149. The van der Waals surface area contributed by atoms with Crippen molar-refractivity contribution < 1.29 is 9.53 Å². The summed E-state index contributed by atoms with van der Waals surface area (Å²) in [5.41, 5.74) is 0. The number of thiophene rings is 1. The first-order chi connectivity index (χ1) is 10.6. The molecule has 0 aliphatic rings. The average molecular weight is 383 g/mol. The molecule has 0 spiro atoms. The first kappa shape index (κ1) is 17.0. The lowest BCUT2D eigenvalue weighted by Crippen LogP contribution is -2.36. The van der Waals surface area contributed by atoms with Crippen LogP contribution in [0.3, 0.4) is 0 Å². The van der Waals surface area contributed by atoms with Gasteiger partial charge in [-0.3, -0.25) is 4.79 Å². The molecule has 0 saturated heterocycles. The van der Waals surface area contributed by atoms with E-state index in [1.807, 2.05) is 49.8 Å². The van der Waals surface area contributed by atoms with Gasteiger partial charge < -0.3 is 15.0 Å². The Bertz CT molecular complexity index is 602. The van der Waals surface area contributed by atoms with Crippen LogP contribution in [-0.2, 0) is 4.79 Å². The van der Waals surface area contributed by atoms with Crippen LogP contribution in [0.5, 0.6) is 5.75 Å². The zero-order valence-electron chi connectivity index (χ0n) is 12.6. The van der Waals surface area contributed by atoms with Gasteiger partial charge in [-0.05, 0) is 43.7 Å². The molecule has 1 heterocycles. The first-order valence-electron chi connectivity index (χ1n) is 6.91. The highest BCUT2D eigenvalue weighted by Gasteiger charge is 2.16.